The van der Waals surface area contributed by atoms with Crippen molar-refractivity contribution in [1.29, 1.82) is 0 Å². The van der Waals surface area contributed by atoms with Crippen LogP contribution < -0.4 is 16.0 Å². The summed E-state index contributed by atoms with van der Waals surface area (Å²) in [6, 6.07) is 8.89. The van der Waals surface area contributed by atoms with Gasteiger partial charge in [-0.3, -0.25) is 19.7 Å². The molecule has 4 amide bonds. The van der Waals surface area contributed by atoms with E-state index >= 15 is 0 Å². The quantitative estimate of drug-likeness (QED) is 0.583. The molecule has 2 aromatic carbocycles. The molecule has 2 aromatic rings. The molecule has 0 aliphatic carbocycles. The first-order valence-corrected chi connectivity index (χ1v) is 9.49. The highest BCUT2D eigenvalue weighted by Crippen LogP contribution is 2.20. The van der Waals surface area contributed by atoms with E-state index in [9.17, 15) is 19.2 Å². The molecule has 0 aliphatic rings. The van der Waals surface area contributed by atoms with E-state index < -0.39 is 37.0 Å². The molecule has 0 aliphatic heterocycles. The summed E-state index contributed by atoms with van der Waals surface area (Å²) in [5.41, 5.74) is 2.54. The van der Waals surface area contributed by atoms with Crippen LogP contribution in [0.15, 0.2) is 36.4 Å². The number of imide groups is 1. The van der Waals surface area contributed by atoms with Gasteiger partial charge in [0.15, 0.2) is 6.61 Å². The topological polar surface area (TPSA) is 114 Å². The van der Waals surface area contributed by atoms with Gasteiger partial charge in [0.2, 0.25) is 0 Å². The van der Waals surface area contributed by atoms with E-state index in [0.717, 1.165) is 11.1 Å². The Kier molecular flexibility index (Phi) is 8.20. The molecule has 10 heteroatoms. The molecule has 0 radical (unpaired) electrons. The highest BCUT2D eigenvalue weighted by Gasteiger charge is 2.15. The monoisotopic (exact) mass is 451 g/mol. The number of hydrogen-bond donors (Lipinski definition) is 3. The number of urea groups is 1. The Morgan fingerprint density at radius 2 is 1.77 bits per heavy atom. The summed E-state index contributed by atoms with van der Waals surface area (Å²) in [5, 5.41) is 7.40. The van der Waals surface area contributed by atoms with Gasteiger partial charge < -0.3 is 15.4 Å². The molecular formula is C20H19Cl2N3O5. The normalized spacial score (nSPS) is 10.1. The maximum absolute atomic E-state index is 12.0. The minimum Gasteiger partial charge on any atom is -0.454 e. The zero-order chi connectivity index (χ0) is 22.3. The molecule has 0 saturated carbocycles. The molecule has 0 bridgehead atoms. The number of benzene rings is 2. The molecule has 158 valence electrons. The molecule has 0 unspecified atom stereocenters. The maximum Gasteiger partial charge on any atom is 0.325 e. The average molecular weight is 452 g/mol. The van der Waals surface area contributed by atoms with Crippen molar-refractivity contribution in [2.24, 2.45) is 0 Å². The lowest BCUT2D eigenvalue weighted by Crippen LogP contribution is -2.38. The number of carbonyl (C=O) groups is 4. The lowest BCUT2D eigenvalue weighted by atomic mass is 10.1. The van der Waals surface area contributed by atoms with E-state index in [1.54, 1.807) is 12.1 Å². The van der Waals surface area contributed by atoms with Crippen LogP contribution in [0.25, 0.3) is 0 Å². The third kappa shape index (κ3) is 6.75. The van der Waals surface area contributed by atoms with Crippen molar-refractivity contribution >= 4 is 52.7 Å². The standard InChI is InChI=1S/C20H19Cl2N3O5/c1-11-4-3-5-16(12(11)2)24-20(29)25-17(26)10-30-18(27)9-23-19(28)14-7-6-13(21)8-15(14)22/h3-8H,9-10H2,1-2H3,(H,23,28)(H2,24,25,26,29). The summed E-state index contributed by atoms with van der Waals surface area (Å²) in [6.07, 6.45) is 0. The van der Waals surface area contributed by atoms with Gasteiger partial charge in [-0.1, -0.05) is 35.3 Å². The van der Waals surface area contributed by atoms with Gasteiger partial charge in [0, 0.05) is 10.7 Å². The Bertz CT molecular complexity index is 994. The van der Waals surface area contributed by atoms with Gasteiger partial charge in [-0.05, 0) is 49.2 Å². The van der Waals surface area contributed by atoms with E-state index in [1.165, 1.54) is 18.2 Å². The van der Waals surface area contributed by atoms with Crippen LogP contribution in [0.3, 0.4) is 0 Å². The lowest BCUT2D eigenvalue weighted by molar-refractivity contribution is -0.147. The molecule has 3 N–H and O–H groups in total. The highest BCUT2D eigenvalue weighted by molar-refractivity contribution is 6.36. The summed E-state index contributed by atoms with van der Waals surface area (Å²) in [7, 11) is 0. The van der Waals surface area contributed by atoms with E-state index in [0.29, 0.717) is 10.7 Å². The van der Waals surface area contributed by atoms with Crippen molar-refractivity contribution in [1.82, 2.24) is 10.6 Å². The minimum absolute atomic E-state index is 0.127. The number of anilines is 1. The average Bonchev–Trinajstić information content (AvgIpc) is 2.68. The summed E-state index contributed by atoms with van der Waals surface area (Å²) in [5.74, 6) is -2.29. The number of esters is 1. The third-order valence-corrected chi connectivity index (χ3v) is 4.59. The fourth-order valence-electron chi connectivity index (χ4n) is 2.32. The van der Waals surface area contributed by atoms with E-state index in [4.69, 9.17) is 27.9 Å². The largest absolute Gasteiger partial charge is 0.454 e. The molecule has 0 atom stereocenters. The number of carbonyl (C=O) groups excluding carboxylic acids is 4. The number of nitrogens with one attached hydrogen (secondary N) is 3. The number of aryl methyl sites for hydroxylation is 1. The minimum atomic E-state index is -0.862. The fraction of sp³-hybridized carbons (Fsp3) is 0.200. The molecule has 0 heterocycles. The number of amides is 4. The van der Waals surface area contributed by atoms with Crippen LogP contribution in [-0.2, 0) is 14.3 Å². The van der Waals surface area contributed by atoms with Crippen LogP contribution in [0, 0.1) is 13.8 Å². The SMILES string of the molecule is Cc1cccc(NC(=O)NC(=O)COC(=O)CNC(=O)c2ccc(Cl)cc2Cl)c1C. The van der Waals surface area contributed by atoms with Crippen molar-refractivity contribution in [3.8, 4) is 0 Å². The van der Waals surface area contributed by atoms with Crippen LogP contribution in [0.4, 0.5) is 10.5 Å². The van der Waals surface area contributed by atoms with Crippen LogP contribution >= 0.6 is 23.2 Å². The van der Waals surface area contributed by atoms with Crippen molar-refractivity contribution in [2.45, 2.75) is 13.8 Å². The number of halogens is 2. The number of ether oxygens (including phenoxy) is 1. The van der Waals surface area contributed by atoms with Crippen molar-refractivity contribution in [2.75, 3.05) is 18.5 Å². The molecule has 2 rings (SSSR count). The van der Waals surface area contributed by atoms with Crippen LogP contribution in [0.1, 0.15) is 21.5 Å². The number of hydrogen-bond acceptors (Lipinski definition) is 5. The van der Waals surface area contributed by atoms with E-state index in [-0.39, 0.29) is 10.6 Å². The zero-order valence-corrected chi connectivity index (χ0v) is 17.7. The Morgan fingerprint density at radius 1 is 1.03 bits per heavy atom. The Labute approximate surface area is 182 Å². The van der Waals surface area contributed by atoms with Gasteiger partial charge in [0.25, 0.3) is 11.8 Å². The second-order valence-electron chi connectivity index (χ2n) is 6.22. The van der Waals surface area contributed by atoms with Crippen molar-refractivity contribution < 1.29 is 23.9 Å². The second kappa shape index (κ2) is 10.6. The molecular weight excluding hydrogens is 433 g/mol. The van der Waals surface area contributed by atoms with Gasteiger partial charge in [0.1, 0.15) is 6.54 Å². The Morgan fingerprint density at radius 3 is 2.47 bits per heavy atom. The molecule has 0 saturated heterocycles. The lowest BCUT2D eigenvalue weighted by Gasteiger charge is -2.11. The molecule has 0 aromatic heterocycles. The smallest absolute Gasteiger partial charge is 0.325 e. The second-order valence-corrected chi connectivity index (χ2v) is 7.06. The third-order valence-electron chi connectivity index (χ3n) is 4.04. The first-order valence-electron chi connectivity index (χ1n) is 8.73. The maximum atomic E-state index is 12.0. The summed E-state index contributed by atoms with van der Waals surface area (Å²) < 4.78 is 4.73. The zero-order valence-electron chi connectivity index (χ0n) is 16.2. The van der Waals surface area contributed by atoms with Gasteiger partial charge >= 0.3 is 12.0 Å². The van der Waals surface area contributed by atoms with Gasteiger partial charge in [0.05, 0.1) is 10.6 Å². The summed E-state index contributed by atoms with van der Waals surface area (Å²) >= 11 is 11.7. The van der Waals surface area contributed by atoms with E-state index in [1.807, 2.05) is 19.9 Å². The Balaban J connectivity index is 1.74. The molecule has 0 fully saturated rings. The molecule has 0 spiro atoms. The predicted octanol–water partition coefficient (Wildman–Crippen LogP) is 3.23. The first-order chi connectivity index (χ1) is 14.2. The first kappa shape index (κ1) is 23.2. The predicted molar refractivity (Wildman–Crippen MR) is 113 cm³/mol. The van der Waals surface area contributed by atoms with Gasteiger partial charge in [-0.2, -0.15) is 0 Å². The highest BCUT2D eigenvalue weighted by atomic mass is 35.5. The van der Waals surface area contributed by atoms with Gasteiger partial charge in [-0.25, -0.2) is 4.79 Å². The van der Waals surface area contributed by atoms with Crippen LogP contribution in [0.2, 0.25) is 10.0 Å². The Hall–Kier alpha value is -3.10. The number of rotatable bonds is 6. The molecule has 30 heavy (non-hydrogen) atoms. The van der Waals surface area contributed by atoms with E-state index in [2.05, 4.69) is 16.0 Å². The van der Waals surface area contributed by atoms with Crippen molar-refractivity contribution in [3.05, 3.63) is 63.1 Å². The summed E-state index contributed by atoms with van der Waals surface area (Å²) in [6.45, 7) is 2.55. The van der Waals surface area contributed by atoms with Crippen molar-refractivity contribution in [3.63, 3.8) is 0 Å². The van der Waals surface area contributed by atoms with Crippen LogP contribution in [-0.4, -0.2) is 37.0 Å². The summed E-state index contributed by atoms with van der Waals surface area (Å²) in [4.78, 5) is 47.4. The molecule has 8 nitrogen and oxygen atoms in total. The van der Waals surface area contributed by atoms with Crippen LogP contribution in [0.5, 0.6) is 0 Å². The van der Waals surface area contributed by atoms with Gasteiger partial charge in [-0.15, -0.1) is 0 Å². The fourth-order valence-corrected chi connectivity index (χ4v) is 2.82.